The highest BCUT2D eigenvalue weighted by Gasteiger charge is 2.16. The molecular formula is C23H23N3O5. The molecule has 0 aliphatic carbocycles. The molecule has 8 nitrogen and oxygen atoms in total. The van der Waals surface area contributed by atoms with Gasteiger partial charge >= 0.3 is 0 Å². The van der Waals surface area contributed by atoms with Crippen molar-refractivity contribution < 1.29 is 23.8 Å². The lowest BCUT2D eigenvalue weighted by atomic mass is 10.2. The third-order valence-corrected chi connectivity index (χ3v) is 4.10. The first-order valence-corrected chi connectivity index (χ1v) is 9.73. The Kier molecular flexibility index (Phi) is 7.42. The van der Waals surface area contributed by atoms with Crippen molar-refractivity contribution in [2.45, 2.75) is 20.0 Å². The molecule has 3 rings (SSSR count). The van der Waals surface area contributed by atoms with E-state index in [-0.39, 0.29) is 0 Å². The van der Waals surface area contributed by atoms with Crippen molar-refractivity contribution in [2.24, 2.45) is 0 Å². The molecule has 0 radical (unpaired) electrons. The van der Waals surface area contributed by atoms with Gasteiger partial charge < -0.3 is 14.2 Å². The van der Waals surface area contributed by atoms with Crippen LogP contribution in [0.5, 0.6) is 23.0 Å². The number of benzene rings is 2. The zero-order valence-electron chi connectivity index (χ0n) is 17.2. The molecule has 2 N–H and O–H groups in total. The number of hydrazine groups is 1. The molecule has 0 saturated heterocycles. The van der Waals surface area contributed by atoms with E-state index in [1.807, 2.05) is 6.92 Å². The van der Waals surface area contributed by atoms with Crippen LogP contribution in [0, 0.1) is 0 Å². The molecular weight excluding hydrogens is 398 g/mol. The van der Waals surface area contributed by atoms with Gasteiger partial charge in [-0.15, -0.1) is 0 Å². The summed E-state index contributed by atoms with van der Waals surface area (Å²) in [7, 11) is 0. The number of nitrogens with one attached hydrogen (secondary N) is 2. The van der Waals surface area contributed by atoms with E-state index in [9.17, 15) is 9.59 Å². The van der Waals surface area contributed by atoms with Crippen molar-refractivity contribution >= 4 is 11.8 Å². The SMILES string of the molecule is CCOc1ccc(OC(C)C(=O)NNC(=O)c2ccc(Oc3cccnc3)cc2)cc1. The Labute approximate surface area is 180 Å². The van der Waals surface area contributed by atoms with E-state index in [0.717, 1.165) is 5.75 Å². The Bertz CT molecular complexity index is 992. The molecule has 8 heteroatoms. The number of hydrogen-bond acceptors (Lipinski definition) is 6. The number of hydrogen-bond donors (Lipinski definition) is 2. The Balaban J connectivity index is 1.47. The van der Waals surface area contributed by atoms with Crippen LogP contribution in [0.15, 0.2) is 73.1 Å². The fourth-order valence-corrected chi connectivity index (χ4v) is 2.55. The van der Waals surface area contributed by atoms with Crippen LogP contribution in [0.2, 0.25) is 0 Å². The standard InChI is InChI=1S/C23H23N3O5/c1-3-29-18-10-12-19(13-11-18)30-16(2)22(27)25-26-23(28)17-6-8-20(9-7-17)31-21-5-4-14-24-15-21/h4-16H,3H2,1-2H3,(H,25,27)(H,26,28). The summed E-state index contributed by atoms with van der Waals surface area (Å²) in [4.78, 5) is 28.4. The lowest BCUT2D eigenvalue weighted by Gasteiger charge is -2.15. The molecule has 0 bridgehead atoms. The average Bonchev–Trinajstić information content (AvgIpc) is 2.80. The molecule has 160 valence electrons. The number of amides is 2. The first-order valence-electron chi connectivity index (χ1n) is 9.73. The lowest BCUT2D eigenvalue weighted by molar-refractivity contribution is -0.128. The minimum Gasteiger partial charge on any atom is -0.494 e. The van der Waals surface area contributed by atoms with Crippen molar-refractivity contribution in [1.29, 1.82) is 0 Å². The molecule has 2 amide bonds. The van der Waals surface area contributed by atoms with Crippen LogP contribution in [0.25, 0.3) is 0 Å². The zero-order chi connectivity index (χ0) is 22.1. The minimum atomic E-state index is -0.812. The van der Waals surface area contributed by atoms with Crippen molar-refractivity contribution in [3.63, 3.8) is 0 Å². The Morgan fingerprint density at radius 2 is 1.58 bits per heavy atom. The summed E-state index contributed by atoms with van der Waals surface area (Å²) in [6, 6.07) is 17.0. The number of nitrogens with zero attached hydrogens (tertiary/aromatic N) is 1. The Morgan fingerprint density at radius 3 is 2.23 bits per heavy atom. The van der Waals surface area contributed by atoms with Crippen LogP contribution < -0.4 is 25.1 Å². The van der Waals surface area contributed by atoms with Gasteiger partial charge in [-0.05, 0) is 74.5 Å². The Morgan fingerprint density at radius 1 is 0.903 bits per heavy atom. The predicted molar refractivity (Wildman–Crippen MR) is 114 cm³/mol. The third-order valence-electron chi connectivity index (χ3n) is 4.10. The largest absolute Gasteiger partial charge is 0.494 e. The summed E-state index contributed by atoms with van der Waals surface area (Å²) in [6.07, 6.45) is 2.43. The highest BCUT2D eigenvalue weighted by molar-refractivity contribution is 5.95. The molecule has 1 atom stereocenters. The van der Waals surface area contributed by atoms with E-state index < -0.39 is 17.9 Å². The van der Waals surface area contributed by atoms with Crippen molar-refractivity contribution in [3.8, 4) is 23.0 Å². The van der Waals surface area contributed by atoms with Gasteiger partial charge in [-0.1, -0.05) is 0 Å². The summed E-state index contributed by atoms with van der Waals surface area (Å²) < 4.78 is 16.6. The second-order valence-electron chi connectivity index (χ2n) is 6.42. The van der Waals surface area contributed by atoms with Gasteiger partial charge in [-0.3, -0.25) is 25.4 Å². The summed E-state index contributed by atoms with van der Waals surface area (Å²) in [5, 5.41) is 0. The van der Waals surface area contributed by atoms with E-state index in [2.05, 4.69) is 15.8 Å². The maximum Gasteiger partial charge on any atom is 0.279 e. The van der Waals surface area contributed by atoms with Gasteiger partial charge in [0.1, 0.15) is 23.0 Å². The lowest BCUT2D eigenvalue weighted by Crippen LogP contribution is -2.47. The summed E-state index contributed by atoms with van der Waals surface area (Å²) in [6.45, 7) is 4.05. The van der Waals surface area contributed by atoms with Gasteiger partial charge in [0.2, 0.25) is 0 Å². The molecule has 31 heavy (non-hydrogen) atoms. The number of carbonyl (C=O) groups excluding carboxylic acids is 2. The van der Waals surface area contributed by atoms with Gasteiger partial charge in [-0.25, -0.2) is 0 Å². The van der Waals surface area contributed by atoms with E-state index >= 15 is 0 Å². The highest BCUT2D eigenvalue weighted by atomic mass is 16.5. The van der Waals surface area contributed by atoms with Crippen molar-refractivity contribution in [1.82, 2.24) is 15.8 Å². The summed E-state index contributed by atoms with van der Waals surface area (Å²) in [5.74, 6) is 1.44. The highest BCUT2D eigenvalue weighted by Crippen LogP contribution is 2.20. The van der Waals surface area contributed by atoms with Crippen LogP contribution in [-0.2, 0) is 4.79 Å². The van der Waals surface area contributed by atoms with Crippen LogP contribution in [0.1, 0.15) is 24.2 Å². The van der Waals surface area contributed by atoms with Gasteiger partial charge in [0.15, 0.2) is 6.10 Å². The third kappa shape index (κ3) is 6.46. The topological polar surface area (TPSA) is 98.8 Å². The summed E-state index contributed by atoms with van der Waals surface area (Å²) >= 11 is 0. The molecule has 1 heterocycles. The van der Waals surface area contributed by atoms with Crippen LogP contribution in [-0.4, -0.2) is 29.5 Å². The molecule has 1 unspecified atom stereocenters. The molecule has 0 aliphatic rings. The van der Waals surface area contributed by atoms with Gasteiger partial charge in [0, 0.05) is 11.8 Å². The molecule has 2 aromatic carbocycles. The molecule has 0 spiro atoms. The maximum absolute atomic E-state index is 12.3. The van der Waals surface area contributed by atoms with Crippen molar-refractivity contribution in [3.05, 3.63) is 78.6 Å². The molecule has 0 fully saturated rings. The summed E-state index contributed by atoms with van der Waals surface area (Å²) in [5.41, 5.74) is 5.09. The van der Waals surface area contributed by atoms with Crippen LogP contribution in [0.3, 0.4) is 0 Å². The normalized spacial score (nSPS) is 11.2. The van der Waals surface area contributed by atoms with Crippen LogP contribution >= 0.6 is 0 Å². The van der Waals surface area contributed by atoms with Crippen LogP contribution in [0.4, 0.5) is 0 Å². The second-order valence-corrected chi connectivity index (χ2v) is 6.42. The molecule has 0 aliphatic heterocycles. The quantitative estimate of drug-likeness (QED) is 0.540. The van der Waals surface area contributed by atoms with Gasteiger partial charge in [0.05, 0.1) is 12.8 Å². The second kappa shape index (κ2) is 10.6. The zero-order valence-corrected chi connectivity index (χ0v) is 17.2. The van der Waals surface area contributed by atoms with E-state index in [1.165, 1.54) is 0 Å². The van der Waals surface area contributed by atoms with Gasteiger partial charge in [-0.2, -0.15) is 0 Å². The molecule has 1 aromatic heterocycles. The molecule has 3 aromatic rings. The number of pyridine rings is 1. The molecule has 0 saturated carbocycles. The van der Waals surface area contributed by atoms with Crippen molar-refractivity contribution in [2.75, 3.05) is 6.61 Å². The number of aromatic nitrogens is 1. The number of carbonyl (C=O) groups is 2. The van der Waals surface area contributed by atoms with E-state index in [4.69, 9.17) is 14.2 Å². The minimum absolute atomic E-state index is 0.360. The van der Waals surface area contributed by atoms with Gasteiger partial charge in [0.25, 0.3) is 11.8 Å². The monoisotopic (exact) mass is 421 g/mol. The maximum atomic E-state index is 12.3. The van der Waals surface area contributed by atoms with E-state index in [1.54, 1.807) is 80.0 Å². The first kappa shape index (κ1) is 21.6. The smallest absolute Gasteiger partial charge is 0.279 e. The fraction of sp³-hybridized carbons (Fsp3) is 0.174. The first-order chi connectivity index (χ1) is 15.0. The Hall–Kier alpha value is -4.07. The fourth-order valence-electron chi connectivity index (χ4n) is 2.55. The number of ether oxygens (including phenoxy) is 3. The number of rotatable bonds is 8. The van der Waals surface area contributed by atoms with E-state index in [0.29, 0.717) is 29.4 Å². The average molecular weight is 421 g/mol. The predicted octanol–water partition coefficient (Wildman–Crippen LogP) is 3.50.